The Kier molecular flexibility index (Phi) is 1.18. The lowest BCUT2D eigenvalue weighted by Gasteiger charge is -2.04. The van der Waals surface area contributed by atoms with Gasteiger partial charge in [0.15, 0.2) is 0 Å². The molecule has 0 saturated carbocycles. The summed E-state index contributed by atoms with van der Waals surface area (Å²) in [5.74, 6) is 1.56. The fraction of sp³-hybridized carbons (Fsp3) is 0.714. The second-order valence-corrected chi connectivity index (χ2v) is 2.37. The Morgan fingerprint density at radius 2 is 2.29 bits per heavy atom. The van der Waals surface area contributed by atoms with Gasteiger partial charge >= 0.3 is 0 Å². The minimum Gasteiger partial charge on any atom is -0.0805 e. The van der Waals surface area contributed by atoms with Crippen LogP contribution in [0.25, 0.3) is 0 Å². The average molecular weight is 95.2 g/mol. The van der Waals surface area contributed by atoms with Crippen LogP contribution in [-0.4, -0.2) is 0 Å². The number of allylic oxidation sites excluding steroid dienone is 2. The first-order chi connectivity index (χ1) is 3.30. The summed E-state index contributed by atoms with van der Waals surface area (Å²) >= 11 is 0. The number of hydrogen-bond donors (Lipinski definition) is 0. The molecule has 0 aromatic heterocycles. The summed E-state index contributed by atoms with van der Waals surface area (Å²) in [6.07, 6.45) is 6.63. The lowest BCUT2D eigenvalue weighted by atomic mass is 10.0. The summed E-state index contributed by atoms with van der Waals surface area (Å²) in [5, 5.41) is 0. The zero-order valence-corrected chi connectivity index (χ0v) is 4.94. The van der Waals surface area contributed by atoms with Gasteiger partial charge < -0.3 is 0 Å². The molecule has 0 aliphatic heterocycles. The van der Waals surface area contributed by atoms with Gasteiger partial charge in [0, 0.05) is 0 Å². The molecule has 0 spiro atoms. The average Bonchev–Trinajstić information content (AvgIpc) is 1.91. The second-order valence-electron chi connectivity index (χ2n) is 2.37. The monoisotopic (exact) mass is 95.1 g/mol. The maximum atomic E-state index is 3.24. The molecule has 1 rings (SSSR count). The van der Waals surface area contributed by atoms with Gasteiger partial charge in [0.25, 0.3) is 0 Å². The van der Waals surface area contributed by atoms with Gasteiger partial charge in [0.2, 0.25) is 0 Å². The summed E-state index contributed by atoms with van der Waals surface area (Å²) in [7, 11) is 0. The highest BCUT2D eigenvalue weighted by Gasteiger charge is 2.12. The van der Waals surface area contributed by atoms with Crippen molar-refractivity contribution in [2.75, 3.05) is 0 Å². The summed E-state index contributed by atoms with van der Waals surface area (Å²) in [4.78, 5) is 0. The zero-order valence-electron chi connectivity index (χ0n) is 4.94. The molecule has 1 radical (unpaired) electrons. The minimum atomic E-state index is 0.708. The van der Waals surface area contributed by atoms with Crippen molar-refractivity contribution in [1.29, 1.82) is 0 Å². The summed E-state index contributed by atoms with van der Waals surface area (Å²) in [5.41, 5.74) is 0. The molecule has 1 aliphatic rings. The molecule has 0 N–H and O–H groups in total. The van der Waals surface area contributed by atoms with Gasteiger partial charge in [-0.05, 0) is 24.3 Å². The third kappa shape index (κ3) is 0.846. The van der Waals surface area contributed by atoms with Gasteiger partial charge in [0.1, 0.15) is 0 Å². The van der Waals surface area contributed by atoms with E-state index in [4.69, 9.17) is 0 Å². The summed E-state index contributed by atoms with van der Waals surface area (Å²) in [6, 6.07) is 0. The van der Waals surface area contributed by atoms with Gasteiger partial charge in [-0.1, -0.05) is 19.9 Å². The maximum Gasteiger partial charge on any atom is -0.0162 e. The van der Waals surface area contributed by atoms with E-state index in [1.165, 1.54) is 6.42 Å². The van der Waals surface area contributed by atoms with Crippen LogP contribution < -0.4 is 0 Å². The molecule has 0 bridgehead atoms. The van der Waals surface area contributed by atoms with Crippen LogP contribution in [0.2, 0.25) is 0 Å². The SMILES string of the molecule is CC1[C]=CCC1C. The molecule has 39 valence electrons. The van der Waals surface area contributed by atoms with Crippen LogP contribution in [0.5, 0.6) is 0 Å². The van der Waals surface area contributed by atoms with Crippen molar-refractivity contribution >= 4 is 0 Å². The highest BCUT2D eigenvalue weighted by Crippen LogP contribution is 2.21. The fourth-order valence-electron chi connectivity index (χ4n) is 0.808. The smallest absolute Gasteiger partial charge is 0.0162 e. The number of rotatable bonds is 0. The molecule has 0 aromatic rings. The van der Waals surface area contributed by atoms with Crippen LogP contribution in [0.15, 0.2) is 6.08 Å². The van der Waals surface area contributed by atoms with Crippen molar-refractivity contribution in [2.24, 2.45) is 11.8 Å². The molecule has 0 fully saturated rings. The van der Waals surface area contributed by atoms with E-state index < -0.39 is 0 Å². The Morgan fingerprint density at radius 3 is 2.43 bits per heavy atom. The van der Waals surface area contributed by atoms with Gasteiger partial charge in [0.05, 0.1) is 0 Å². The lowest BCUT2D eigenvalue weighted by Crippen LogP contribution is -1.96. The first-order valence-corrected chi connectivity index (χ1v) is 2.88. The van der Waals surface area contributed by atoms with E-state index in [9.17, 15) is 0 Å². The van der Waals surface area contributed by atoms with E-state index >= 15 is 0 Å². The largest absolute Gasteiger partial charge is 0.0805 e. The summed E-state index contributed by atoms with van der Waals surface area (Å²) in [6.45, 7) is 4.48. The van der Waals surface area contributed by atoms with Crippen LogP contribution in [0, 0.1) is 17.9 Å². The van der Waals surface area contributed by atoms with Crippen molar-refractivity contribution in [3.63, 3.8) is 0 Å². The predicted octanol–water partition coefficient (Wildman–Crippen LogP) is 2.02. The zero-order chi connectivity index (χ0) is 5.28. The molecule has 1 aliphatic carbocycles. The first-order valence-electron chi connectivity index (χ1n) is 2.88. The molecule has 7 heavy (non-hydrogen) atoms. The van der Waals surface area contributed by atoms with Crippen molar-refractivity contribution in [3.8, 4) is 0 Å². The van der Waals surface area contributed by atoms with Crippen LogP contribution >= 0.6 is 0 Å². The molecule has 0 saturated heterocycles. The van der Waals surface area contributed by atoms with Crippen LogP contribution in [0.1, 0.15) is 20.3 Å². The fourth-order valence-corrected chi connectivity index (χ4v) is 0.808. The lowest BCUT2D eigenvalue weighted by molar-refractivity contribution is 0.490. The highest BCUT2D eigenvalue weighted by molar-refractivity contribution is 4.90. The van der Waals surface area contributed by atoms with Gasteiger partial charge in [-0.2, -0.15) is 0 Å². The molecule has 2 unspecified atom stereocenters. The van der Waals surface area contributed by atoms with E-state index in [1.54, 1.807) is 0 Å². The molecular formula is C7H11. The van der Waals surface area contributed by atoms with E-state index in [0.29, 0.717) is 5.92 Å². The molecule has 0 nitrogen and oxygen atoms in total. The van der Waals surface area contributed by atoms with Crippen molar-refractivity contribution in [2.45, 2.75) is 20.3 Å². The molecule has 2 atom stereocenters. The number of hydrogen-bond acceptors (Lipinski definition) is 0. The van der Waals surface area contributed by atoms with Gasteiger partial charge in [-0.25, -0.2) is 0 Å². The molecular weight excluding hydrogens is 84.1 g/mol. The third-order valence-electron chi connectivity index (χ3n) is 1.72. The van der Waals surface area contributed by atoms with Crippen molar-refractivity contribution in [3.05, 3.63) is 12.2 Å². The molecule has 0 amide bonds. The predicted molar refractivity (Wildman–Crippen MR) is 30.8 cm³/mol. The van der Waals surface area contributed by atoms with E-state index in [2.05, 4.69) is 26.0 Å². The van der Waals surface area contributed by atoms with Gasteiger partial charge in [-0.15, -0.1) is 0 Å². The van der Waals surface area contributed by atoms with Crippen molar-refractivity contribution in [1.82, 2.24) is 0 Å². The van der Waals surface area contributed by atoms with Crippen LogP contribution in [0.3, 0.4) is 0 Å². The normalized spacial score (nSPS) is 39.7. The molecule has 0 heteroatoms. The minimum absolute atomic E-state index is 0.708. The Labute approximate surface area is 45.2 Å². The van der Waals surface area contributed by atoms with Crippen LogP contribution in [-0.2, 0) is 0 Å². The highest BCUT2D eigenvalue weighted by atomic mass is 14.2. The Hall–Kier alpha value is -0.260. The molecule has 0 heterocycles. The van der Waals surface area contributed by atoms with Crippen molar-refractivity contribution < 1.29 is 0 Å². The Bertz CT molecular complexity index is 82.0. The van der Waals surface area contributed by atoms with Crippen LogP contribution in [0.4, 0.5) is 0 Å². The van der Waals surface area contributed by atoms with E-state index in [1.807, 2.05) is 0 Å². The maximum absolute atomic E-state index is 3.24. The standard InChI is InChI=1S/C7H11/c1-6-4-3-5-7(6)2/h3,6-7H,4H2,1-2H3. The summed E-state index contributed by atoms with van der Waals surface area (Å²) < 4.78 is 0. The Morgan fingerprint density at radius 1 is 1.57 bits per heavy atom. The first kappa shape index (κ1) is 4.89. The third-order valence-corrected chi connectivity index (χ3v) is 1.72. The quantitative estimate of drug-likeness (QED) is 0.432. The second kappa shape index (κ2) is 1.69. The molecule has 0 aromatic carbocycles. The van der Waals surface area contributed by atoms with E-state index in [-0.39, 0.29) is 0 Å². The Balaban J connectivity index is 2.45. The van der Waals surface area contributed by atoms with E-state index in [0.717, 1.165) is 5.92 Å². The topological polar surface area (TPSA) is 0 Å². The van der Waals surface area contributed by atoms with Gasteiger partial charge in [-0.3, -0.25) is 0 Å².